The Morgan fingerprint density at radius 1 is 1.09 bits per heavy atom. The molecule has 0 spiro atoms. The molecule has 1 amide bonds. The Hall–Kier alpha value is -2.95. The predicted molar refractivity (Wildman–Crippen MR) is 90.2 cm³/mol. The van der Waals surface area contributed by atoms with Gasteiger partial charge in [-0.15, -0.1) is 0 Å². The van der Waals surface area contributed by atoms with Gasteiger partial charge in [-0.2, -0.15) is 0 Å². The molecule has 0 saturated heterocycles. The lowest BCUT2D eigenvalue weighted by Gasteiger charge is -2.11. The molecule has 0 saturated carbocycles. The molecule has 1 heterocycles. The third kappa shape index (κ3) is 3.29. The van der Waals surface area contributed by atoms with Crippen molar-refractivity contribution in [2.24, 2.45) is 0 Å². The van der Waals surface area contributed by atoms with Gasteiger partial charge in [-0.25, -0.2) is 0 Å². The summed E-state index contributed by atoms with van der Waals surface area (Å²) in [6, 6.07) is 13.2. The van der Waals surface area contributed by atoms with E-state index in [4.69, 9.17) is 9.47 Å². The van der Waals surface area contributed by atoms with Crippen molar-refractivity contribution >= 4 is 22.5 Å². The fraction of sp³-hybridized carbons (Fsp3) is 0.167. The van der Waals surface area contributed by atoms with Crippen molar-refractivity contribution in [1.29, 1.82) is 0 Å². The zero-order valence-corrected chi connectivity index (χ0v) is 13.1. The topological polar surface area (TPSA) is 63.3 Å². The first-order chi connectivity index (χ1) is 11.2. The number of hydrogen-bond acceptors (Lipinski definition) is 3. The number of carbonyl (C=O) groups is 1. The van der Waals surface area contributed by atoms with Crippen molar-refractivity contribution in [2.45, 2.75) is 6.42 Å². The average Bonchev–Trinajstić information content (AvgIpc) is 3.02. The third-order valence-corrected chi connectivity index (χ3v) is 3.67. The van der Waals surface area contributed by atoms with Crippen molar-refractivity contribution in [3.63, 3.8) is 0 Å². The maximum absolute atomic E-state index is 12.3. The molecule has 5 heteroatoms. The average molecular weight is 310 g/mol. The SMILES string of the molecule is COc1ccc(NC(=O)Cc2ccc3[nH]ccc3c2)c(OC)c1. The van der Waals surface area contributed by atoms with Crippen LogP contribution in [0.25, 0.3) is 10.9 Å². The van der Waals surface area contributed by atoms with Crippen LogP contribution in [0, 0.1) is 0 Å². The molecule has 3 rings (SSSR count). The number of aromatic nitrogens is 1. The molecule has 23 heavy (non-hydrogen) atoms. The number of aromatic amines is 1. The highest BCUT2D eigenvalue weighted by Crippen LogP contribution is 2.29. The van der Waals surface area contributed by atoms with Gasteiger partial charge in [-0.3, -0.25) is 4.79 Å². The monoisotopic (exact) mass is 310 g/mol. The van der Waals surface area contributed by atoms with E-state index in [9.17, 15) is 4.79 Å². The Labute approximate surface area is 134 Å². The number of carbonyl (C=O) groups excluding carboxylic acids is 1. The summed E-state index contributed by atoms with van der Waals surface area (Å²) in [7, 11) is 3.15. The quantitative estimate of drug-likeness (QED) is 0.759. The van der Waals surface area contributed by atoms with Crippen LogP contribution in [-0.4, -0.2) is 25.1 Å². The Bertz CT molecular complexity index is 839. The van der Waals surface area contributed by atoms with E-state index in [1.165, 1.54) is 0 Å². The van der Waals surface area contributed by atoms with Crippen LogP contribution < -0.4 is 14.8 Å². The summed E-state index contributed by atoms with van der Waals surface area (Å²) in [5.74, 6) is 1.15. The predicted octanol–water partition coefficient (Wildman–Crippen LogP) is 3.37. The molecule has 0 aliphatic rings. The highest BCUT2D eigenvalue weighted by atomic mass is 16.5. The second-order valence-electron chi connectivity index (χ2n) is 5.19. The normalized spacial score (nSPS) is 10.5. The highest BCUT2D eigenvalue weighted by Gasteiger charge is 2.10. The van der Waals surface area contributed by atoms with E-state index >= 15 is 0 Å². The van der Waals surface area contributed by atoms with Crippen molar-refractivity contribution in [2.75, 3.05) is 19.5 Å². The summed E-state index contributed by atoms with van der Waals surface area (Å²) < 4.78 is 10.4. The number of anilines is 1. The van der Waals surface area contributed by atoms with Crippen LogP contribution in [0.5, 0.6) is 11.5 Å². The number of benzene rings is 2. The lowest BCUT2D eigenvalue weighted by molar-refractivity contribution is -0.115. The van der Waals surface area contributed by atoms with Gasteiger partial charge in [0, 0.05) is 17.8 Å². The second kappa shape index (κ2) is 6.44. The van der Waals surface area contributed by atoms with Crippen LogP contribution >= 0.6 is 0 Å². The molecular formula is C18H18N2O3. The fourth-order valence-electron chi connectivity index (χ4n) is 2.49. The summed E-state index contributed by atoms with van der Waals surface area (Å²) >= 11 is 0. The van der Waals surface area contributed by atoms with Gasteiger partial charge in [-0.1, -0.05) is 6.07 Å². The van der Waals surface area contributed by atoms with Crippen molar-refractivity contribution < 1.29 is 14.3 Å². The summed E-state index contributed by atoms with van der Waals surface area (Å²) in [6.45, 7) is 0. The number of hydrogen-bond donors (Lipinski definition) is 2. The first-order valence-corrected chi connectivity index (χ1v) is 7.27. The van der Waals surface area contributed by atoms with E-state index in [1.807, 2.05) is 30.5 Å². The summed E-state index contributed by atoms with van der Waals surface area (Å²) in [5.41, 5.74) is 2.65. The molecule has 2 aromatic carbocycles. The van der Waals surface area contributed by atoms with Crippen molar-refractivity contribution in [1.82, 2.24) is 4.98 Å². The van der Waals surface area contributed by atoms with Gasteiger partial charge in [0.15, 0.2) is 0 Å². The minimum absolute atomic E-state index is 0.0941. The van der Waals surface area contributed by atoms with Crippen LogP contribution in [-0.2, 0) is 11.2 Å². The summed E-state index contributed by atoms with van der Waals surface area (Å²) in [5, 5.41) is 3.97. The molecule has 1 aromatic heterocycles. The zero-order chi connectivity index (χ0) is 16.2. The standard InChI is InChI=1S/C18H18N2O3/c1-22-14-4-6-16(17(11-14)23-2)20-18(21)10-12-3-5-15-13(9-12)7-8-19-15/h3-9,11,19H,10H2,1-2H3,(H,20,21). The Morgan fingerprint density at radius 2 is 1.96 bits per heavy atom. The van der Waals surface area contributed by atoms with E-state index < -0.39 is 0 Å². The Kier molecular flexibility index (Phi) is 4.19. The van der Waals surface area contributed by atoms with Crippen LogP contribution in [0.15, 0.2) is 48.7 Å². The minimum Gasteiger partial charge on any atom is -0.497 e. The largest absolute Gasteiger partial charge is 0.497 e. The molecule has 0 radical (unpaired) electrons. The van der Waals surface area contributed by atoms with Gasteiger partial charge in [0.1, 0.15) is 11.5 Å². The molecule has 0 aliphatic heterocycles. The van der Waals surface area contributed by atoms with Gasteiger partial charge < -0.3 is 19.8 Å². The van der Waals surface area contributed by atoms with E-state index in [0.29, 0.717) is 23.6 Å². The van der Waals surface area contributed by atoms with Gasteiger partial charge in [-0.05, 0) is 41.3 Å². The Balaban J connectivity index is 1.73. The second-order valence-corrected chi connectivity index (χ2v) is 5.19. The van der Waals surface area contributed by atoms with Crippen molar-refractivity contribution in [3.8, 4) is 11.5 Å². The number of rotatable bonds is 5. The first kappa shape index (κ1) is 15.0. The molecule has 2 N–H and O–H groups in total. The zero-order valence-electron chi connectivity index (χ0n) is 13.1. The molecule has 0 unspecified atom stereocenters. The lowest BCUT2D eigenvalue weighted by Crippen LogP contribution is -2.15. The van der Waals surface area contributed by atoms with Crippen LogP contribution in [0.2, 0.25) is 0 Å². The smallest absolute Gasteiger partial charge is 0.228 e. The maximum Gasteiger partial charge on any atom is 0.228 e. The first-order valence-electron chi connectivity index (χ1n) is 7.27. The number of methoxy groups -OCH3 is 2. The highest BCUT2D eigenvalue weighted by molar-refractivity contribution is 5.94. The van der Waals surface area contributed by atoms with Crippen LogP contribution in [0.3, 0.4) is 0 Å². The molecule has 0 bridgehead atoms. The number of H-pyrrole nitrogens is 1. The number of ether oxygens (including phenoxy) is 2. The molecule has 0 fully saturated rings. The molecule has 118 valence electrons. The van der Waals surface area contributed by atoms with Gasteiger partial charge >= 0.3 is 0 Å². The summed E-state index contributed by atoms with van der Waals surface area (Å²) in [4.78, 5) is 15.4. The fourth-order valence-corrected chi connectivity index (χ4v) is 2.49. The summed E-state index contributed by atoms with van der Waals surface area (Å²) in [6.07, 6.45) is 2.19. The number of nitrogens with one attached hydrogen (secondary N) is 2. The van der Waals surface area contributed by atoms with E-state index in [2.05, 4.69) is 10.3 Å². The molecule has 5 nitrogen and oxygen atoms in total. The van der Waals surface area contributed by atoms with Gasteiger partial charge in [0.25, 0.3) is 0 Å². The van der Waals surface area contributed by atoms with Crippen LogP contribution in [0.4, 0.5) is 5.69 Å². The van der Waals surface area contributed by atoms with Gasteiger partial charge in [0.2, 0.25) is 5.91 Å². The maximum atomic E-state index is 12.3. The van der Waals surface area contributed by atoms with E-state index in [1.54, 1.807) is 32.4 Å². The van der Waals surface area contributed by atoms with E-state index in [-0.39, 0.29) is 5.91 Å². The minimum atomic E-state index is -0.0941. The molecular weight excluding hydrogens is 292 g/mol. The lowest BCUT2D eigenvalue weighted by atomic mass is 10.1. The number of fused-ring (bicyclic) bond motifs is 1. The Morgan fingerprint density at radius 3 is 2.74 bits per heavy atom. The molecule has 0 aliphatic carbocycles. The molecule has 3 aromatic rings. The van der Waals surface area contributed by atoms with Crippen LogP contribution in [0.1, 0.15) is 5.56 Å². The van der Waals surface area contributed by atoms with Gasteiger partial charge in [0.05, 0.1) is 26.3 Å². The van der Waals surface area contributed by atoms with Crippen molar-refractivity contribution in [3.05, 3.63) is 54.2 Å². The van der Waals surface area contributed by atoms with E-state index in [0.717, 1.165) is 16.5 Å². The molecule has 0 atom stereocenters. The third-order valence-electron chi connectivity index (χ3n) is 3.67. The number of amides is 1.